The van der Waals surface area contributed by atoms with Crippen LogP contribution in [0.3, 0.4) is 0 Å². The third-order valence-corrected chi connectivity index (χ3v) is 2.83. The van der Waals surface area contributed by atoms with E-state index in [0.717, 1.165) is 18.5 Å². The van der Waals surface area contributed by atoms with Crippen molar-refractivity contribution in [3.63, 3.8) is 0 Å². The smallest absolute Gasteiger partial charge is 0.248 e. The molecule has 0 bridgehead atoms. The molecule has 4 nitrogen and oxygen atoms in total. The Labute approximate surface area is 115 Å². The van der Waals surface area contributed by atoms with E-state index in [1.165, 1.54) is 5.56 Å². The molecule has 106 valence electrons. The number of hydrogen-bond acceptors (Lipinski definition) is 3. The number of nitrogens with two attached hydrogens (primary N) is 1. The lowest BCUT2D eigenvalue weighted by Gasteiger charge is -2.22. The first kappa shape index (κ1) is 15.7. The standard InChI is InChI=1S/C15H24N2O2/c1-3-9-17(15(18)12-19-10-8-16)11-14-6-4-13(2)5-7-14/h4-7H,3,8-12,16H2,1-2H3. The van der Waals surface area contributed by atoms with Gasteiger partial charge in [-0.2, -0.15) is 0 Å². The number of carbonyl (C=O) groups excluding carboxylic acids is 1. The average molecular weight is 264 g/mol. The van der Waals surface area contributed by atoms with Gasteiger partial charge in [-0.05, 0) is 18.9 Å². The fourth-order valence-electron chi connectivity index (χ4n) is 1.81. The fraction of sp³-hybridized carbons (Fsp3) is 0.533. The molecule has 0 aromatic heterocycles. The normalized spacial score (nSPS) is 10.5. The minimum absolute atomic E-state index is 0.0240. The Bertz CT molecular complexity index is 376. The Balaban J connectivity index is 2.56. The third kappa shape index (κ3) is 5.85. The molecule has 4 heteroatoms. The van der Waals surface area contributed by atoms with Crippen LogP contribution in [0.25, 0.3) is 0 Å². The summed E-state index contributed by atoms with van der Waals surface area (Å²) in [5.74, 6) is 0.0240. The Morgan fingerprint density at radius 2 is 2.00 bits per heavy atom. The van der Waals surface area contributed by atoms with Crippen LogP contribution in [0.5, 0.6) is 0 Å². The highest BCUT2D eigenvalue weighted by Gasteiger charge is 2.13. The quantitative estimate of drug-likeness (QED) is 0.727. The van der Waals surface area contributed by atoms with Gasteiger partial charge in [-0.3, -0.25) is 4.79 Å². The molecule has 2 N–H and O–H groups in total. The molecule has 1 amide bonds. The van der Waals surface area contributed by atoms with Gasteiger partial charge in [0, 0.05) is 19.6 Å². The number of carbonyl (C=O) groups is 1. The summed E-state index contributed by atoms with van der Waals surface area (Å²) in [5, 5.41) is 0. The summed E-state index contributed by atoms with van der Waals surface area (Å²) in [6.07, 6.45) is 0.939. The fourth-order valence-corrected chi connectivity index (χ4v) is 1.81. The zero-order valence-electron chi connectivity index (χ0n) is 11.9. The summed E-state index contributed by atoms with van der Waals surface area (Å²) in [7, 11) is 0. The zero-order valence-corrected chi connectivity index (χ0v) is 11.9. The van der Waals surface area contributed by atoms with Gasteiger partial charge in [-0.25, -0.2) is 0 Å². The van der Waals surface area contributed by atoms with Gasteiger partial charge in [0.15, 0.2) is 0 Å². The number of aryl methyl sites for hydroxylation is 1. The molecule has 0 fully saturated rings. The van der Waals surface area contributed by atoms with Crippen molar-refractivity contribution in [3.05, 3.63) is 35.4 Å². The van der Waals surface area contributed by atoms with Gasteiger partial charge in [-0.1, -0.05) is 36.8 Å². The summed E-state index contributed by atoms with van der Waals surface area (Å²) in [6.45, 7) is 6.49. The van der Waals surface area contributed by atoms with Crippen LogP contribution in [0.15, 0.2) is 24.3 Å². The summed E-state index contributed by atoms with van der Waals surface area (Å²) in [4.78, 5) is 13.9. The zero-order chi connectivity index (χ0) is 14.1. The highest BCUT2D eigenvalue weighted by atomic mass is 16.5. The van der Waals surface area contributed by atoms with Crippen molar-refractivity contribution in [1.82, 2.24) is 4.90 Å². The monoisotopic (exact) mass is 264 g/mol. The van der Waals surface area contributed by atoms with E-state index in [0.29, 0.717) is 19.7 Å². The van der Waals surface area contributed by atoms with E-state index < -0.39 is 0 Å². The molecule has 0 heterocycles. The summed E-state index contributed by atoms with van der Waals surface area (Å²) >= 11 is 0. The van der Waals surface area contributed by atoms with Crippen LogP contribution in [-0.2, 0) is 16.1 Å². The second-order valence-electron chi connectivity index (χ2n) is 4.64. The average Bonchev–Trinajstić information content (AvgIpc) is 2.41. The molecule has 0 spiro atoms. The maximum Gasteiger partial charge on any atom is 0.248 e. The van der Waals surface area contributed by atoms with Crippen molar-refractivity contribution in [2.45, 2.75) is 26.8 Å². The van der Waals surface area contributed by atoms with Gasteiger partial charge >= 0.3 is 0 Å². The van der Waals surface area contributed by atoms with Gasteiger partial charge in [0.2, 0.25) is 5.91 Å². The SMILES string of the molecule is CCCN(Cc1ccc(C)cc1)C(=O)COCCN. The first-order valence-corrected chi connectivity index (χ1v) is 6.78. The van der Waals surface area contributed by atoms with Crippen LogP contribution in [0.2, 0.25) is 0 Å². The highest BCUT2D eigenvalue weighted by molar-refractivity contribution is 5.77. The predicted molar refractivity (Wildman–Crippen MR) is 76.8 cm³/mol. The van der Waals surface area contributed by atoms with Gasteiger partial charge in [0.25, 0.3) is 0 Å². The van der Waals surface area contributed by atoms with Crippen molar-refractivity contribution in [2.75, 3.05) is 26.3 Å². The molecule has 1 aromatic carbocycles. The Morgan fingerprint density at radius 1 is 1.32 bits per heavy atom. The van der Waals surface area contributed by atoms with Gasteiger partial charge in [-0.15, -0.1) is 0 Å². The second-order valence-corrected chi connectivity index (χ2v) is 4.64. The highest BCUT2D eigenvalue weighted by Crippen LogP contribution is 2.08. The third-order valence-electron chi connectivity index (χ3n) is 2.83. The Kier molecular flexibility index (Phi) is 7.15. The van der Waals surface area contributed by atoms with E-state index in [9.17, 15) is 4.79 Å². The van der Waals surface area contributed by atoms with Crippen LogP contribution in [0.1, 0.15) is 24.5 Å². The van der Waals surface area contributed by atoms with E-state index in [4.69, 9.17) is 10.5 Å². The lowest BCUT2D eigenvalue weighted by atomic mass is 10.1. The lowest BCUT2D eigenvalue weighted by molar-refractivity contribution is -0.136. The minimum atomic E-state index is 0.0240. The molecular formula is C15H24N2O2. The van der Waals surface area contributed by atoms with Crippen molar-refractivity contribution in [2.24, 2.45) is 5.73 Å². The van der Waals surface area contributed by atoms with E-state index in [1.807, 2.05) is 4.90 Å². The van der Waals surface area contributed by atoms with Gasteiger partial charge in [0.05, 0.1) is 6.61 Å². The molecular weight excluding hydrogens is 240 g/mol. The molecule has 0 unspecified atom stereocenters. The van der Waals surface area contributed by atoms with Crippen molar-refractivity contribution in [1.29, 1.82) is 0 Å². The van der Waals surface area contributed by atoms with Crippen LogP contribution >= 0.6 is 0 Å². The summed E-state index contributed by atoms with van der Waals surface area (Å²) < 4.78 is 5.21. The molecule has 1 rings (SSSR count). The van der Waals surface area contributed by atoms with Crippen LogP contribution in [0, 0.1) is 6.92 Å². The summed E-state index contributed by atoms with van der Waals surface area (Å²) in [5.41, 5.74) is 7.71. The minimum Gasteiger partial charge on any atom is -0.370 e. The first-order valence-electron chi connectivity index (χ1n) is 6.78. The number of hydrogen-bond donors (Lipinski definition) is 1. The van der Waals surface area contributed by atoms with Gasteiger partial charge < -0.3 is 15.4 Å². The Morgan fingerprint density at radius 3 is 2.58 bits per heavy atom. The van der Waals surface area contributed by atoms with E-state index in [-0.39, 0.29) is 12.5 Å². The molecule has 1 aromatic rings. The number of nitrogens with zero attached hydrogens (tertiary/aromatic N) is 1. The van der Waals surface area contributed by atoms with E-state index in [2.05, 4.69) is 38.1 Å². The Hall–Kier alpha value is -1.39. The number of ether oxygens (including phenoxy) is 1. The van der Waals surface area contributed by atoms with Crippen molar-refractivity contribution >= 4 is 5.91 Å². The van der Waals surface area contributed by atoms with Crippen LogP contribution < -0.4 is 5.73 Å². The van der Waals surface area contributed by atoms with E-state index >= 15 is 0 Å². The molecule has 0 aliphatic rings. The molecule has 0 radical (unpaired) electrons. The largest absolute Gasteiger partial charge is 0.370 e. The molecule has 0 saturated heterocycles. The van der Waals surface area contributed by atoms with Crippen LogP contribution in [0.4, 0.5) is 0 Å². The molecule has 0 saturated carbocycles. The molecule has 19 heavy (non-hydrogen) atoms. The second kappa shape index (κ2) is 8.67. The maximum absolute atomic E-state index is 12.0. The number of amides is 1. The van der Waals surface area contributed by atoms with Crippen LogP contribution in [-0.4, -0.2) is 37.1 Å². The maximum atomic E-state index is 12.0. The van der Waals surface area contributed by atoms with Crippen molar-refractivity contribution < 1.29 is 9.53 Å². The molecule has 0 aliphatic heterocycles. The van der Waals surface area contributed by atoms with Crippen molar-refractivity contribution in [3.8, 4) is 0 Å². The molecule has 0 atom stereocenters. The number of benzene rings is 1. The number of rotatable bonds is 8. The summed E-state index contributed by atoms with van der Waals surface area (Å²) in [6, 6.07) is 8.25. The lowest BCUT2D eigenvalue weighted by Crippen LogP contribution is -2.34. The first-order chi connectivity index (χ1) is 9.17. The predicted octanol–water partition coefficient (Wildman–Crippen LogP) is 1.71. The van der Waals surface area contributed by atoms with Gasteiger partial charge in [0.1, 0.15) is 6.61 Å². The van der Waals surface area contributed by atoms with E-state index in [1.54, 1.807) is 0 Å². The topological polar surface area (TPSA) is 55.6 Å². The molecule has 0 aliphatic carbocycles.